The molecule has 0 aromatic carbocycles. The maximum Gasteiger partial charge on any atom is 0.199 e. The number of carbonyl (C=O) groups excluding carboxylic acids is 1. The quantitative estimate of drug-likeness (QED) is 0.714. The Bertz CT molecular complexity index is 803. The molecule has 0 unspecified atom stereocenters. The van der Waals surface area contributed by atoms with Gasteiger partial charge in [0.25, 0.3) is 0 Å². The molecule has 3 rings (SSSR count). The van der Waals surface area contributed by atoms with Crippen molar-refractivity contribution in [3.8, 4) is 11.5 Å². The average molecular weight is 272 g/mol. The minimum absolute atomic E-state index is 0.0736. The van der Waals surface area contributed by atoms with E-state index in [-0.39, 0.29) is 11.6 Å². The first-order valence-electron chi connectivity index (χ1n) is 6.07. The molecule has 0 aliphatic heterocycles. The summed E-state index contributed by atoms with van der Waals surface area (Å²) in [5, 5.41) is 7.32. The number of carbonyl (C=O) groups is 1. The molecule has 8 heteroatoms. The van der Waals surface area contributed by atoms with Crippen molar-refractivity contribution < 1.29 is 9.42 Å². The van der Waals surface area contributed by atoms with Gasteiger partial charge in [-0.3, -0.25) is 9.78 Å². The Kier molecular flexibility index (Phi) is 2.70. The van der Waals surface area contributed by atoms with Crippen LogP contribution in [-0.2, 0) is 6.54 Å². The van der Waals surface area contributed by atoms with Crippen LogP contribution >= 0.6 is 0 Å². The first-order chi connectivity index (χ1) is 9.63. The maximum atomic E-state index is 11.7. The van der Waals surface area contributed by atoms with Gasteiger partial charge < -0.3 is 10.3 Å². The molecule has 3 aromatic heterocycles. The summed E-state index contributed by atoms with van der Waals surface area (Å²) in [7, 11) is 0. The molecule has 0 aliphatic rings. The third-order valence-electron chi connectivity index (χ3n) is 3.07. The third-order valence-corrected chi connectivity index (χ3v) is 3.07. The number of fused-ring (bicyclic) bond motifs is 1. The summed E-state index contributed by atoms with van der Waals surface area (Å²) in [5.74, 6) is 0.597. The van der Waals surface area contributed by atoms with Crippen LogP contribution < -0.4 is 5.73 Å². The summed E-state index contributed by atoms with van der Waals surface area (Å²) in [6.07, 6.45) is 3.13. The fourth-order valence-electron chi connectivity index (χ4n) is 2.19. The number of aryl methyl sites for hydroxylation is 1. The molecule has 0 amide bonds. The molecule has 0 bridgehead atoms. The van der Waals surface area contributed by atoms with Gasteiger partial charge >= 0.3 is 0 Å². The Morgan fingerprint density at radius 1 is 1.40 bits per heavy atom. The number of nitrogens with zero attached hydrogens (tertiary/aromatic N) is 5. The van der Waals surface area contributed by atoms with Crippen LogP contribution in [0.25, 0.3) is 22.6 Å². The van der Waals surface area contributed by atoms with Gasteiger partial charge in [0.1, 0.15) is 5.52 Å². The van der Waals surface area contributed by atoms with Gasteiger partial charge in [0, 0.05) is 12.7 Å². The number of aromatic nitrogens is 5. The second-order valence-electron chi connectivity index (χ2n) is 4.29. The zero-order valence-corrected chi connectivity index (χ0v) is 11.0. The number of pyridine rings is 1. The van der Waals surface area contributed by atoms with E-state index in [0.29, 0.717) is 34.7 Å². The standard InChI is InChI=1S/C12H12N6O2/c1-3-18-10-7(6(2)19)4-14-5-8(10)15-12(18)9-11(13)17-20-16-9/h4-5H,3H2,1-2H3,(H2,13,17). The van der Waals surface area contributed by atoms with Crippen molar-refractivity contribution in [3.05, 3.63) is 18.0 Å². The van der Waals surface area contributed by atoms with Crippen LogP contribution in [0.2, 0.25) is 0 Å². The van der Waals surface area contributed by atoms with Crippen LogP contribution in [0.3, 0.4) is 0 Å². The summed E-state index contributed by atoms with van der Waals surface area (Å²) in [6, 6.07) is 0. The van der Waals surface area contributed by atoms with Crippen LogP contribution in [-0.4, -0.2) is 30.6 Å². The van der Waals surface area contributed by atoms with Gasteiger partial charge in [-0.15, -0.1) is 0 Å². The van der Waals surface area contributed by atoms with E-state index < -0.39 is 0 Å². The molecular weight excluding hydrogens is 260 g/mol. The highest BCUT2D eigenvalue weighted by atomic mass is 16.6. The largest absolute Gasteiger partial charge is 0.379 e. The highest BCUT2D eigenvalue weighted by Gasteiger charge is 2.21. The highest BCUT2D eigenvalue weighted by molar-refractivity contribution is 6.05. The fourth-order valence-corrected chi connectivity index (χ4v) is 2.19. The minimum Gasteiger partial charge on any atom is -0.379 e. The number of nitrogens with two attached hydrogens (primary N) is 1. The van der Waals surface area contributed by atoms with Crippen molar-refractivity contribution in [3.63, 3.8) is 0 Å². The molecule has 0 aliphatic carbocycles. The molecule has 0 radical (unpaired) electrons. The summed E-state index contributed by atoms with van der Waals surface area (Å²) < 4.78 is 6.46. The lowest BCUT2D eigenvalue weighted by Crippen LogP contribution is -2.03. The van der Waals surface area contributed by atoms with E-state index in [4.69, 9.17) is 5.73 Å². The Hall–Kier alpha value is -2.77. The molecule has 8 nitrogen and oxygen atoms in total. The number of imidazole rings is 1. The van der Waals surface area contributed by atoms with Crippen LogP contribution in [0.5, 0.6) is 0 Å². The van der Waals surface area contributed by atoms with E-state index in [9.17, 15) is 4.79 Å². The summed E-state index contributed by atoms with van der Waals surface area (Å²) >= 11 is 0. The zero-order valence-electron chi connectivity index (χ0n) is 11.0. The van der Waals surface area contributed by atoms with Gasteiger partial charge in [0.2, 0.25) is 0 Å². The molecule has 20 heavy (non-hydrogen) atoms. The van der Waals surface area contributed by atoms with Crippen molar-refractivity contribution in [2.24, 2.45) is 0 Å². The first kappa shape index (κ1) is 12.3. The van der Waals surface area contributed by atoms with E-state index in [2.05, 4.69) is 24.9 Å². The van der Waals surface area contributed by atoms with Crippen LogP contribution in [0.1, 0.15) is 24.2 Å². The van der Waals surface area contributed by atoms with Crippen molar-refractivity contribution in [1.29, 1.82) is 0 Å². The van der Waals surface area contributed by atoms with E-state index in [1.165, 1.54) is 13.1 Å². The summed E-state index contributed by atoms with van der Waals surface area (Å²) in [4.78, 5) is 20.2. The number of hydrogen-bond acceptors (Lipinski definition) is 7. The van der Waals surface area contributed by atoms with Gasteiger partial charge in [-0.1, -0.05) is 0 Å². The van der Waals surface area contributed by atoms with Gasteiger partial charge in [0.05, 0.1) is 17.3 Å². The second kappa shape index (κ2) is 4.41. The summed E-state index contributed by atoms with van der Waals surface area (Å²) in [5.41, 5.74) is 7.91. The number of rotatable bonds is 3. The molecular formula is C12H12N6O2. The van der Waals surface area contributed by atoms with E-state index in [1.54, 1.807) is 6.20 Å². The lowest BCUT2D eigenvalue weighted by Gasteiger charge is -2.05. The van der Waals surface area contributed by atoms with Crippen LogP contribution in [0, 0.1) is 0 Å². The van der Waals surface area contributed by atoms with Gasteiger partial charge in [-0.05, 0) is 24.2 Å². The lowest BCUT2D eigenvalue weighted by molar-refractivity contribution is 0.101. The number of ketones is 1. The maximum absolute atomic E-state index is 11.7. The lowest BCUT2D eigenvalue weighted by atomic mass is 10.2. The topological polar surface area (TPSA) is 113 Å². The van der Waals surface area contributed by atoms with Gasteiger partial charge in [-0.25, -0.2) is 9.61 Å². The van der Waals surface area contributed by atoms with E-state index in [0.717, 1.165) is 0 Å². The van der Waals surface area contributed by atoms with Crippen molar-refractivity contribution in [2.45, 2.75) is 20.4 Å². The Morgan fingerprint density at radius 3 is 2.80 bits per heavy atom. The Balaban J connectivity index is 2.38. The molecule has 0 atom stereocenters. The fraction of sp³-hybridized carbons (Fsp3) is 0.250. The molecule has 0 spiro atoms. The molecule has 3 aromatic rings. The molecule has 0 saturated carbocycles. The van der Waals surface area contributed by atoms with Gasteiger partial charge in [0.15, 0.2) is 23.1 Å². The first-order valence-corrected chi connectivity index (χ1v) is 6.07. The van der Waals surface area contributed by atoms with E-state index >= 15 is 0 Å². The molecule has 3 heterocycles. The van der Waals surface area contributed by atoms with Crippen molar-refractivity contribution >= 4 is 22.6 Å². The van der Waals surface area contributed by atoms with E-state index in [1.807, 2.05) is 11.5 Å². The van der Waals surface area contributed by atoms with Crippen molar-refractivity contribution in [2.75, 3.05) is 5.73 Å². The normalized spacial score (nSPS) is 11.1. The Labute approximate surface area is 113 Å². The molecule has 0 fully saturated rings. The van der Waals surface area contributed by atoms with Crippen LogP contribution in [0.4, 0.5) is 5.82 Å². The monoisotopic (exact) mass is 272 g/mol. The predicted molar refractivity (Wildman–Crippen MR) is 70.9 cm³/mol. The molecule has 2 N–H and O–H groups in total. The number of Topliss-reactive ketones (excluding diaryl/α,β-unsaturated/α-hetero) is 1. The van der Waals surface area contributed by atoms with Crippen LogP contribution in [0.15, 0.2) is 17.0 Å². The molecule has 0 saturated heterocycles. The van der Waals surface area contributed by atoms with Crippen molar-refractivity contribution in [1.82, 2.24) is 24.8 Å². The highest BCUT2D eigenvalue weighted by Crippen LogP contribution is 2.28. The predicted octanol–water partition coefficient (Wildman–Crippen LogP) is 1.29. The Morgan fingerprint density at radius 2 is 2.20 bits per heavy atom. The second-order valence-corrected chi connectivity index (χ2v) is 4.29. The third kappa shape index (κ3) is 1.65. The molecule has 102 valence electrons. The number of hydrogen-bond donors (Lipinski definition) is 1. The van der Waals surface area contributed by atoms with Gasteiger partial charge in [-0.2, -0.15) is 0 Å². The summed E-state index contributed by atoms with van der Waals surface area (Å²) in [6.45, 7) is 4.04. The smallest absolute Gasteiger partial charge is 0.199 e. The minimum atomic E-state index is -0.0736. The zero-order chi connectivity index (χ0) is 14.3. The number of anilines is 1. The number of nitrogen functional groups attached to an aromatic ring is 1. The average Bonchev–Trinajstić information content (AvgIpc) is 3.00. The SMILES string of the molecule is CCn1c(-c2nonc2N)nc2cncc(C(C)=O)c21.